The zero-order valence-corrected chi connectivity index (χ0v) is 23.9. The predicted octanol–water partition coefficient (Wildman–Crippen LogP) is 7.47. The lowest BCUT2D eigenvalue weighted by Crippen LogP contribution is -2.41. The van der Waals surface area contributed by atoms with Crippen molar-refractivity contribution in [1.29, 1.82) is 0 Å². The zero-order chi connectivity index (χ0) is 29.7. The van der Waals surface area contributed by atoms with E-state index < -0.39 is 23.7 Å². The zero-order valence-electron chi connectivity index (χ0n) is 23.9. The Kier molecular flexibility index (Phi) is 9.65. The van der Waals surface area contributed by atoms with E-state index >= 15 is 0 Å². The Labute approximate surface area is 233 Å². The van der Waals surface area contributed by atoms with Crippen molar-refractivity contribution in [2.75, 3.05) is 23.7 Å². The molecule has 10 heteroatoms. The Bertz CT molecular complexity index is 1340. The van der Waals surface area contributed by atoms with Crippen LogP contribution < -0.4 is 10.6 Å². The van der Waals surface area contributed by atoms with Gasteiger partial charge in [-0.1, -0.05) is 64.3 Å². The van der Waals surface area contributed by atoms with Gasteiger partial charge in [-0.3, -0.25) is 4.79 Å². The summed E-state index contributed by atoms with van der Waals surface area (Å²) in [5.74, 6) is 0.0238. The number of rotatable bonds is 9. The lowest BCUT2D eigenvalue weighted by atomic mass is 9.92. The number of nitrogens with one attached hydrogen (secondary N) is 2. The van der Waals surface area contributed by atoms with Crippen LogP contribution in [0.2, 0.25) is 0 Å². The summed E-state index contributed by atoms with van der Waals surface area (Å²) in [6.07, 6.45) is -2.15. The van der Waals surface area contributed by atoms with Gasteiger partial charge in [0.15, 0.2) is 0 Å². The molecule has 0 saturated carbocycles. The number of amides is 3. The Hall–Kier alpha value is -3.82. The molecule has 0 atom stereocenters. The van der Waals surface area contributed by atoms with Crippen LogP contribution in [-0.2, 0) is 16.4 Å². The standard InChI is InChI=1S/C30H38F3N5O2/c1-7-8-9-15-37(28(40)34-23-12-10-11-22(17-23)30(31,32)33)19-27(39)35-26-18-25(29(4,5)6)36-38(26)24-14-13-20(2)16-21(24)3/h10-14,16-18H,7-9,15,19H2,1-6H3,(H,34,40)(H,35,39). The first-order valence-electron chi connectivity index (χ1n) is 13.4. The SMILES string of the molecule is CCCCCN(CC(=O)Nc1cc(C(C)(C)C)nn1-c1ccc(C)cc1C)C(=O)Nc1cccc(C(F)(F)F)c1. The molecular formula is C30H38F3N5O2. The fraction of sp³-hybridized carbons (Fsp3) is 0.433. The maximum absolute atomic E-state index is 13.3. The number of halogens is 3. The van der Waals surface area contributed by atoms with Crippen LogP contribution in [0, 0.1) is 13.8 Å². The summed E-state index contributed by atoms with van der Waals surface area (Å²) >= 11 is 0. The molecule has 0 fully saturated rings. The van der Waals surface area contributed by atoms with E-state index in [-0.39, 0.29) is 24.2 Å². The van der Waals surface area contributed by atoms with Crippen molar-refractivity contribution >= 4 is 23.4 Å². The Balaban J connectivity index is 1.84. The molecule has 0 bridgehead atoms. The molecule has 2 aromatic carbocycles. The number of carbonyl (C=O) groups is 2. The number of alkyl halides is 3. The number of anilines is 2. The van der Waals surface area contributed by atoms with E-state index in [0.717, 1.165) is 47.5 Å². The summed E-state index contributed by atoms with van der Waals surface area (Å²) in [6.45, 7) is 12.1. The third-order valence-corrected chi connectivity index (χ3v) is 6.42. The first-order chi connectivity index (χ1) is 18.7. The molecule has 0 aliphatic heterocycles. The number of hydrogen-bond acceptors (Lipinski definition) is 3. The average Bonchev–Trinajstić information content (AvgIpc) is 3.27. The molecule has 3 amide bonds. The number of aromatic nitrogens is 2. The highest BCUT2D eigenvalue weighted by molar-refractivity contribution is 5.96. The van der Waals surface area contributed by atoms with Crippen molar-refractivity contribution in [3.05, 3.63) is 70.9 Å². The van der Waals surface area contributed by atoms with Gasteiger partial charge in [0.2, 0.25) is 5.91 Å². The van der Waals surface area contributed by atoms with Crippen LogP contribution in [0.25, 0.3) is 5.69 Å². The molecule has 3 aromatic rings. The highest BCUT2D eigenvalue weighted by Gasteiger charge is 2.31. The fourth-order valence-corrected chi connectivity index (χ4v) is 4.20. The van der Waals surface area contributed by atoms with E-state index in [4.69, 9.17) is 5.10 Å². The van der Waals surface area contributed by atoms with Gasteiger partial charge < -0.3 is 15.5 Å². The number of carbonyl (C=O) groups excluding carboxylic acids is 2. The van der Waals surface area contributed by atoms with Crippen LogP contribution in [0.4, 0.5) is 29.5 Å². The van der Waals surface area contributed by atoms with Crippen molar-refractivity contribution in [1.82, 2.24) is 14.7 Å². The summed E-state index contributed by atoms with van der Waals surface area (Å²) in [5, 5.41) is 10.2. The van der Waals surface area contributed by atoms with Gasteiger partial charge in [0.1, 0.15) is 12.4 Å². The predicted molar refractivity (Wildman–Crippen MR) is 152 cm³/mol. The summed E-state index contributed by atoms with van der Waals surface area (Å²) in [4.78, 5) is 27.7. The molecule has 7 nitrogen and oxygen atoms in total. The molecule has 40 heavy (non-hydrogen) atoms. The smallest absolute Gasteiger partial charge is 0.315 e. The number of urea groups is 1. The second-order valence-corrected chi connectivity index (χ2v) is 11.1. The minimum atomic E-state index is -4.54. The van der Waals surface area contributed by atoms with Crippen LogP contribution in [0.3, 0.4) is 0 Å². The molecule has 0 radical (unpaired) electrons. The number of unbranched alkanes of at least 4 members (excludes halogenated alkanes) is 2. The van der Waals surface area contributed by atoms with E-state index in [1.165, 1.54) is 17.0 Å². The van der Waals surface area contributed by atoms with Gasteiger partial charge in [0.25, 0.3) is 0 Å². The molecule has 1 aromatic heterocycles. The summed E-state index contributed by atoms with van der Waals surface area (Å²) < 4.78 is 41.1. The minimum absolute atomic E-state index is 0.00321. The molecule has 216 valence electrons. The Morgan fingerprint density at radius 1 is 0.975 bits per heavy atom. The largest absolute Gasteiger partial charge is 0.416 e. The summed E-state index contributed by atoms with van der Waals surface area (Å²) in [7, 11) is 0. The molecule has 0 unspecified atom stereocenters. The lowest BCUT2D eigenvalue weighted by molar-refractivity contribution is -0.137. The van der Waals surface area contributed by atoms with Crippen LogP contribution in [0.15, 0.2) is 48.5 Å². The van der Waals surface area contributed by atoms with Crippen molar-refractivity contribution in [3.63, 3.8) is 0 Å². The molecular weight excluding hydrogens is 519 g/mol. The topological polar surface area (TPSA) is 79.3 Å². The molecule has 0 aliphatic carbocycles. The normalized spacial score (nSPS) is 11.8. The summed E-state index contributed by atoms with van der Waals surface area (Å²) in [5.41, 5.74) is 2.55. The quantitative estimate of drug-likeness (QED) is 0.268. The first-order valence-corrected chi connectivity index (χ1v) is 13.4. The molecule has 0 aliphatic rings. The molecule has 0 saturated heterocycles. The van der Waals surface area contributed by atoms with Gasteiger partial charge in [-0.2, -0.15) is 18.3 Å². The molecule has 2 N–H and O–H groups in total. The maximum Gasteiger partial charge on any atom is 0.416 e. The third-order valence-electron chi connectivity index (χ3n) is 6.42. The number of aryl methyl sites for hydroxylation is 2. The molecule has 1 heterocycles. The third kappa shape index (κ3) is 8.09. The van der Waals surface area contributed by atoms with Gasteiger partial charge in [-0.05, 0) is 50.1 Å². The lowest BCUT2D eigenvalue weighted by Gasteiger charge is -2.23. The second-order valence-electron chi connectivity index (χ2n) is 11.1. The van der Waals surface area contributed by atoms with E-state index in [1.807, 2.05) is 65.8 Å². The van der Waals surface area contributed by atoms with Crippen molar-refractivity contribution in [2.24, 2.45) is 0 Å². The van der Waals surface area contributed by atoms with E-state index in [0.29, 0.717) is 12.2 Å². The maximum atomic E-state index is 13.3. The summed E-state index contributed by atoms with van der Waals surface area (Å²) in [6, 6.07) is 11.5. The van der Waals surface area contributed by atoms with Crippen LogP contribution in [0.1, 0.15) is 69.3 Å². The van der Waals surface area contributed by atoms with Gasteiger partial charge in [0, 0.05) is 23.7 Å². The molecule has 0 spiro atoms. The highest BCUT2D eigenvalue weighted by Crippen LogP contribution is 2.31. The van der Waals surface area contributed by atoms with Gasteiger partial charge >= 0.3 is 12.2 Å². The molecule has 3 rings (SSSR count). The van der Waals surface area contributed by atoms with Gasteiger partial charge in [0.05, 0.1) is 16.9 Å². The van der Waals surface area contributed by atoms with Crippen molar-refractivity contribution < 1.29 is 22.8 Å². The van der Waals surface area contributed by atoms with E-state index in [1.54, 1.807) is 4.68 Å². The second kappa shape index (κ2) is 12.6. The van der Waals surface area contributed by atoms with Gasteiger partial charge in [-0.15, -0.1) is 0 Å². The van der Waals surface area contributed by atoms with Gasteiger partial charge in [-0.25, -0.2) is 9.48 Å². The average molecular weight is 558 g/mol. The van der Waals surface area contributed by atoms with Crippen LogP contribution in [0.5, 0.6) is 0 Å². The Morgan fingerprint density at radius 2 is 1.70 bits per heavy atom. The van der Waals surface area contributed by atoms with Crippen LogP contribution >= 0.6 is 0 Å². The highest BCUT2D eigenvalue weighted by atomic mass is 19.4. The van der Waals surface area contributed by atoms with Crippen LogP contribution in [-0.4, -0.2) is 39.7 Å². The fourth-order valence-electron chi connectivity index (χ4n) is 4.20. The van der Waals surface area contributed by atoms with Crippen molar-refractivity contribution in [3.8, 4) is 5.69 Å². The minimum Gasteiger partial charge on any atom is -0.315 e. The first kappa shape index (κ1) is 30.7. The Morgan fingerprint density at radius 3 is 2.33 bits per heavy atom. The van der Waals surface area contributed by atoms with E-state index in [2.05, 4.69) is 10.6 Å². The monoisotopic (exact) mass is 557 g/mol. The number of hydrogen-bond donors (Lipinski definition) is 2. The number of benzene rings is 2. The van der Waals surface area contributed by atoms with Crippen molar-refractivity contribution in [2.45, 2.75) is 72.4 Å². The number of nitrogens with zero attached hydrogens (tertiary/aromatic N) is 3. The van der Waals surface area contributed by atoms with E-state index in [9.17, 15) is 22.8 Å².